The summed E-state index contributed by atoms with van der Waals surface area (Å²) in [5, 5.41) is 8.73. The van der Waals surface area contributed by atoms with Gasteiger partial charge < -0.3 is 5.32 Å². The van der Waals surface area contributed by atoms with Gasteiger partial charge in [0.2, 0.25) is 0 Å². The van der Waals surface area contributed by atoms with Crippen molar-refractivity contribution in [2.75, 3.05) is 13.1 Å². The molecule has 0 aliphatic carbocycles. The average Bonchev–Trinajstić information content (AvgIpc) is 2.56. The van der Waals surface area contributed by atoms with Crippen LogP contribution in [-0.4, -0.2) is 22.9 Å². The first kappa shape index (κ1) is 11.9. The van der Waals surface area contributed by atoms with Crippen LogP contribution in [0.25, 0.3) is 0 Å². The van der Waals surface area contributed by atoms with Crippen molar-refractivity contribution in [2.45, 2.75) is 39.7 Å². The zero-order valence-corrected chi connectivity index (χ0v) is 10.8. The third-order valence-electron chi connectivity index (χ3n) is 3.44. The van der Waals surface area contributed by atoms with Gasteiger partial charge in [-0.1, -0.05) is 11.6 Å². The molecule has 0 radical (unpaired) electrons. The van der Waals surface area contributed by atoms with Gasteiger partial charge in [0.05, 0.1) is 16.4 Å². The molecule has 1 aromatic rings. The summed E-state index contributed by atoms with van der Waals surface area (Å²) in [6.07, 6.45) is 3.86. The Labute approximate surface area is 102 Å². The quantitative estimate of drug-likeness (QED) is 0.882. The maximum Gasteiger partial charge on any atom is 0.0844 e. The summed E-state index contributed by atoms with van der Waals surface area (Å²) >= 11 is 6.12. The fraction of sp³-hybridized carbons (Fsp3) is 0.750. The number of hydrogen-bond donors (Lipinski definition) is 1. The lowest BCUT2D eigenvalue weighted by atomic mass is 9.96. The Morgan fingerprint density at radius 1 is 1.50 bits per heavy atom. The van der Waals surface area contributed by atoms with Crippen molar-refractivity contribution in [3.63, 3.8) is 0 Å². The predicted molar refractivity (Wildman–Crippen MR) is 66.9 cm³/mol. The van der Waals surface area contributed by atoms with E-state index in [2.05, 4.69) is 10.4 Å². The zero-order valence-electron chi connectivity index (χ0n) is 10.1. The SMILES string of the molecule is Cc1nn(CCC2CCCNC2)c(C)c1Cl. The van der Waals surface area contributed by atoms with Gasteiger partial charge in [-0.2, -0.15) is 5.10 Å². The standard InChI is InChI=1S/C12H20ClN3/c1-9-12(13)10(2)16(15-9)7-5-11-4-3-6-14-8-11/h11,14H,3-8H2,1-2H3. The summed E-state index contributed by atoms with van der Waals surface area (Å²) in [7, 11) is 0. The molecule has 0 bridgehead atoms. The van der Waals surface area contributed by atoms with Gasteiger partial charge in [0.1, 0.15) is 0 Å². The molecule has 0 aromatic carbocycles. The molecule has 2 heterocycles. The third-order valence-corrected chi connectivity index (χ3v) is 3.99. The molecule has 1 aliphatic heterocycles. The van der Waals surface area contributed by atoms with Crippen LogP contribution in [0.15, 0.2) is 0 Å². The summed E-state index contributed by atoms with van der Waals surface area (Å²) < 4.78 is 2.05. The number of rotatable bonds is 3. The second kappa shape index (κ2) is 5.19. The largest absolute Gasteiger partial charge is 0.316 e. The highest BCUT2D eigenvalue weighted by atomic mass is 35.5. The van der Waals surface area contributed by atoms with Crippen LogP contribution in [0.1, 0.15) is 30.7 Å². The van der Waals surface area contributed by atoms with Crippen LogP contribution >= 0.6 is 11.6 Å². The highest BCUT2D eigenvalue weighted by Gasteiger charge is 2.14. The van der Waals surface area contributed by atoms with Gasteiger partial charge in [-0.05, 0) is 52.1 Å². The summed E-state index contributed by atoms with van der Waals surface area (Å²) in [6.45, 7) is 7.34. The lowest BCUT2D eigenvalue weighted by molar-refractivity contribution is 0.334. The second-order valence-corrected chi connectivity index (χ2v) is 5.09. The van der Waals surface area contributed by atoms with Crippen molar-refractivity contribution in [3.8, 4) is 0 Å². The Morgan fingerprint density at radius 2 is 2.31 bits per heavy atom. The maximum absolute atomic E-state index is 6.12. The summed E-state index contributed by atoms with van der Waals surface area (Å²) in [5.74, 6) is 0.802. The van der Waals surface area contributed by atoms with E-state index in [9.17, 15) is 0 Å². The number of aromatic nitrogens is 2. The predicted octanol–water partition coefficient (Wildman–Crippen LogP) is 2.54. The van der Waals surface area contributed by atoms with Crippen molar-refractivity contribution in [1.82, 2.24) is 15.1 Å². The van der Waals surface area contributed by atoms with E-state index in [1.807, 2.05) is 18.5 Å². The molecular formula is C12H20ClN3. The minimum Gasteiger partial charge on any atom is -0.316 e. The van der Waals surface area contributed by atoms with E-state index in [1.54, 1.807) is 0 Å². The molecule has 1 fully saturated rings. The molecule has 1 saturated heterocycles. The van der Waals surface area contributed by atoms with Crippen molar-refractivity contribution in [3.05, 3.63) is 16.4 Å². The Kier molecular flexibility index (Phi) is 3.87. The van der Waals surface area contributed by atoms with Crippen LogP contribution in [0.3, 0.4) is 0 Å². The molecule has 2 rings (SSSR count). The summed E-state index contributed by atoms with van der Waals surface area (Å²) in [5.41, 5.74) is 2.05. The first-order chi connectivity index (χ1) is 7.68. The molecule has 0 amide bonds. The van der Waals surface area contributed by atoms with E-state index in [-0.39, 0.29) is 0 Å². The number of aryl methyl sites for hydroxylation is 2. The Balaban J connectivity index is 1.91. The topological polar surface area (TPSA) is 29.9 Å². The van der Waals surface area contributed by atoms with Gasteiger partial charge >= 0.3 is 0 Å². The normalized spacial score (nSPS) is 21.3. The smallest absolute Gasteiger partial charge is 0.0844 e. The molecule has 0 spiro atoms. The zero-order chi connectivity index (χ0) is 11.5. The van der Waals surface area contributed by atoms with Gasteiger partial charge in [0, 0.05) is 6.54 Å². The molecule has 1 atom stereocenters. The number of halogens is 1. The second-order valence-electron chi connectivity index (χ2n) is 4.71. The molecule has 16 heavy (non-hydrogen) atoms. The van der Waals surface area contributed by atoms with Crippen LogP contribution in [-0.2, 0) is 6.54 Å². The highest BCUT2D eigenvalue weighted by Crippen LogP contribution is 2.21. The van der Waals surface area contributed by atoms with E-state index >= 15 is 0 Å². The fourth-order valence-corrected chi connectivity index (χ4v) is 2.50. The first-order valence-corrected chi connectivity index (χ1v) is 6.46. The number of hydrogen-bond acceptors (Lipinski definition) is 2. The fourth-order valence-electron chi connectivity index (χ4n) is 2.37. The van der Waals surface area contributed by atoms with E-state index in [4.69, 9.17) is 11.6 Å². The van der Waals surface area contributed by atoms with Gasteiger partial charge in [-0.3, -0.25) is 4.68 Å². The molecule has 3 nitrogen and oxygen atoms in total. The molecule has 1 aromatic heterocycles. The van der Waals surface area contributed by atoms with Crippen LogP contribution in [0, 0.1) is 19.8 Å². The maximum atomic E-state index is 6.12. The monoisotopic (exact) mass is 241 g/mol. The summed E-state index contributed by atoms with van der Waals surface area (Å²) in [4.78, 5) is 0. The van der Waals surface area contributed by atoms with Crippen LogP contribution in [0.4, 0.5) is 0 Å². The number of piperidine rings is 1. The van der Waals surface area contributed by atoms with Crippen molar-refractivity contribution in [2.24, 2.45) is 5.92 Å². The molecule has 1 aliphatic rings. The van der Waals surface area contributed by atoms with Crippen LogP contribution in [0.2, 0.25) is 5.02 Å². The van der Waals surface area contributed by atoms with Gasteiger partial charge in [0.25, 0.3) is 0 Å². The molecule has 4 heteroatoms. The molecule has 90 valence electrons. The van der Waals surface area contributed by atoms with Crippen LogP contribution < -0.4 is 5.32 Å². The first-order valence-electron chi connectivity index (χ1n) is 6.08. The van der Waals surface area contributed by atoms with E-state index in [1.165, 1.54) is 25.8 Å². The highest BCUT2D eigenvalue weighted by molar-refractivity contribution is 6.31. The van der Waals surface area contributed by atoms with Gasteiger partial charge in [-0.15, -0.1) is 0 Å². The lowest BCUT2D eigenvalue weighted by Crippen LogP contribution is -2.30. The number of nitrogens with zero attached hydrogens (tertiary/aromatic N) is 2. The third kappa shape index (κ3) is 2.58. The van der Waals surface area contributed by atoms with E-state index in [0.717, 1.165) is 35.4 Å². The van der Waals surface area contributed by atoms with E-state index < -0.39 is 0 Å². The molecule has 1 unspecified atom stereocenters. The van der Waals surface area contributed by atoms with Crippen molar-refractivity contribution in [1.29, 1.82) is 0 Å². The molecule has 1 N–H and O–H groups in total. The molecular weight excluding hydrogens is 222 g/mol. The van der Waals surface area contributed by atoms with Gasteiger partial charge in [0.15, 0.2) is 0 Å². The van der Waals surface area contributed by atoms with E-state index in [0.29, 0.717) is 0 Å². The Bertz CT molecular complexity index is 353. The summed E-state index contributed by atoms with van der Waals surface area (Å²) in [6, 6.07) is 0. The lowest BCUT2D eigenvalue weighted by Gasteiger charge is -2.22. The molecule has 0 saturated carbocycles. The van der Waals surface area contributed by atoms with Crippen LogP contribution in [0.5, 0.6) is 0 Å². The van der Waals surface area contributed by atoms with Crippen molar-refractivity contribution >= 4 is 11.6 Å². The minimum absolute atomic E-state index is 0.802. The van der Waals surface area contributed by atoms with Crippen molar-refractivity contribution < 1.29 is 0 Å². The number of nitrogens with one attached hydrogen (secondary N) is 1. The van der Waals surface area contributed by atoms with Gasteiger partial charge in [-0.25, -0.2) is 0 Å². The Morgan fingerprint density at radius 3 is 2.88 bits per heavy atom. The Hall–Kier alpha value is -0.540. The minimum atomic E-state index is 0.802. The average molecular weight is 242 g/mol.